The second-order valence-electron chi connectivity index (χ2n) is 19.8. The zero-order chi connectivity index (χ0) is 47.1. The highest BCUT2D eigenvalue weighted by Crippen LogP contribution is 2.74. The molecule has 0 amide bonds. The number of fused-ring (bicyclic) bond motifs is 8. The average molecular weight is 931 g/mol. The molecular weight excluding hydrogens is 877 g/mol. The molecule has 1 atom stereocenters. The standard InChI is InChI=1S/C68H54N2S/c1-2-3-4-14-41-68(52-20-6-5-7-21-52)58-45-47(28-36-55(58)56-39-35-53(46-59(56)68)69-42-17-19-49-18-8-9-22-60(49)69)27-29-48-30-31-50-33-38-57-61(40-34-51-32-37-54(48)66(50)67(51)57)70-62-23-10-12-25-64(62)71(43-15-16-44-71)65-26-13-11-24-63(65)70/h2-14,18,20-41,45-46H,1,15-17,19,42-44H2. The number of benzene rings is 10. The average Bonchev–Trinajstić information content (AvgIpc) is 4.04. The Hall–Kier alpha value is -7.85. The molecule has 3 aliphatic heterocycles. The Labute approximate surface area is 418 Å². The van der Waals surface area contributed by atoms with Crippen LogP contribution in [0.25, 0.3) is 55.6 Å². The predicted molar refractivity (Wildman–Crippen MR) is 305 cm³/mol. The maximum absolute atomic E-state index is 3.97. The number of rotatable bonds is 8. The van der Waals surface area contributed by atoms with Gasteiger partial charge < -0.3 is 9.80 Å². The van der Waals surface area contributed by atoms with Gasteiger partial charge in [0.05, 0.1) is 22.5 Å². The smallest absolute Gasteiger partial charge is 0.0648 e. The van der Waals surface area contributed by atoms with Gasteiger partial charge in [-0.1, -0.05) is 183 Å². The molecule has 0 bridgehead atoms. The molecule has 1 fully saturated rings. The van der Waals surface area contributed by atoms with Crippen molar-refractivity contribution in [3.05, 3.63) is 258 Å². The molecule has 3 heterocycles. The highest BCUT2D eigenvalue weighted by molar-refractivity contribution is 8.34. The molecule has 14 rings (SSSR count). The van der Waals surface area contributed by atoms with Crippen LogP contribution in [0.4, 0.5) is 28.4 Å². The molecule has 71 heavy (non-hydrogen) atoms. The fourth-order valence-electron chi connectivity index (χ4n) is 13.1. The van der Waals surface area contributed by atoms with Crippen LogP contribution in [0, 0.1) is 0 Å². The third kappa shape index (κ3) is 6.35. The molecule has 2 nitrogen and oxygen atoms in total. The summed E-state index contributed by atoms with van der Waals surface area (Å²) in [4.78, 5) is 8.23. The molecule has 1 saturated heterocycles. The van der Waals surface area contributed by atoms with Crippen molar-refractivity contribution < 1.29 is 0 Å². The predicted octanol–water partition coefficient (Wildman–Crippen LogP) is 18.3. The zero-order valence-electron chi connectivity index (χ0n) is 39.9. The Kier molecular flexibility index (Phi) is 9.86. The lowest BCUT2D eigenvalue weighted by molar-refractivity contribution is 0.763. The number of para-hydroxylation sites is 3. The van der Waals surface area contributed by atoms with Crippen molar-refractivity contribution in [3.8, 4) is 11.1 Å². The number of anilines is 5. The largest absolute Gasteiger partial charge is 0.341 e. The summed E-state index contributed by atoms with van der Waals surface area (Å²) < 4.78 is 0. The van der Waals surface area contributed by atoms with Gasteiger partial charge in [-0.15, -0.1) is 0 Å². The van der Waals surface area contributed by atoms with E-state index < -0.39 is 15.4 Å². The van der Waals surface area contributed by atoms with Gasteiger partial charge in [0.2, 0.25) is 0 Å². The van der Waals surface area contributed by atoms with Crippen LogP contribution in [0.2, 0.25) is 0 Å². The summed E-state index contributed by atoms with van der Waals surface area (Å²) in [7, 11) is -1.08. The van der Waals surface area contributed by atoms with Gasteiger partial charge in [0.1, 0.15) is 0 Å². The molecular formula is C68H54N2S. The molecule has 4 aliphatic rings. The Morgan fingerprint density at radius 3 is 1.93 bits per heavy atom. The van der Waals surface area contributed by atoms with Crippen LogP contribution >= 0.6 is 10.0 Å². The van der Waals surface area contributed by atoms with Crippen LogP contribution < -0.4 is 9.80 Å². The summed E-state index contributed by atoms with van der Waals surface area (Å²) in [6.07, 6.45) is 20.1. The first-order valence-corrected chi connectivity index (χ1v) is 27.4. The lowest BCUT2D eigenvalue weighted by Crippen LogP contribution is -2.27. The first-order valence-electron chi connectivity index (χ1n) is 25.5. The summed E-state index contributed by atoms with van der Waals surface area (Å²) in [6, 6.07) is 71.8. The summed E-state index contributed by atoms with van der Waals surface area (Å²) in [5.74, 6) is 2.58. The van der Waals surface area contributed by atoms with Gasteiger partial charge in [0.25, 0.3) is 0 Å². The maximum Gasteiger partial charge on any atom is 0.0648 e. The lowest BCUT2D eigenvalue weighted by Gasteiger charge is -2.47. The van der Waals surface area contributed by atoms with Crippen molar-refractivity contribution in [3.63, 3.8) is 0 Å². The Morgan fingerprint density at radius 1 is 0.507 bits per heavy atom. The molecule has 1 spiro atoms. The molecule has 0 radical (unpaired) electrons. The SMILES string of the molecule is C=CC=CC=CC1(c2ccccc2)c2cc(C=Cc3ccc4ccc5c(N6c7ccccc7S7(CCCC7)c7ccccc76)ccc6ccc3c4c65)ccc2-c2ccc(N3CCCc4ccccc43)cc21. The minimum Gasteiger partial charge on any atom is -0.341 e. The number of nitrogens with zero attached hydrogens (tertiary/aromatic N) is 2. The second kappa shape index (κ2) is 16.6. The number of hydrogen-bond donors (Lipinski definition) is 0. The lowest BCUT2D eigenvalue weighted by atomic mass is 9.71. The maximum atomic E-state index is 3.97. The normalized spacial score (nSPS) is 18.2. The number of allylic oxidation sites excluding steroid dienone is 5. The zero-order valence-corrected chi connectivity index (χ0v) is 40.7. The van der Waals surface area contributed by atoms with Crippen molar-refractivity contribution in [2.75, 3.05) is 27.9 Å². The van der Waals surface area contributed by atoms with E-state index in [0.29, 0.717) is 0 Å². The molecule has 1 aliphatic carbocycles. The quantitative estimate of drug-likeness (QED) is 0.0851. The van der Waals surface area contributed by atoms with Gasteiger partial charge in [0.15, 0.2) is 0 Å². The van der Waals surface area contributed by atoms with Crippen LogP contribution in [0.5, 0.6) is 0 Å². The summed E-state index contributed by atoms with van der Waals surface area (Å²) in [6.45, 7) is 4.97. The van der Waals surface area contributed by atoms with Crippen molar-refractivity contribution in [1.29, 1.82) is 0 Å². The molecule has 0 N–H and O–H groups in total. The molecule has 0 aromatic heterocycles. The highest BCUT2D eigenvalue weighted by atomic mass is 32.3. The van der Waals surface area contributed by atoms with E-state index in [1.54, 1.807) is 9.79 Å². The molecule has 10 aromatic carbocycles. The van der Waals surface area contributed by atoms with E-state index in [4.69, 9.17) is 0 Å². The molecule has 3 heteroatoms. The van der Waals surface area contributed by atoms with E-state index in [0.717, 1.165) is 19.4 Å². The van der Waals surface area contributed by atoms with E-state index in [-0.39, 0.29) is 0 Å². The minimum atomic E-state index is -1.08. The van der Waals surface area contributed by atoms with Crippen LogP contribution in [0.1, 0.15) is 52.6 Å². The third-order valence-corrected chi connectivity index (χ3v) is 20.5. The number of aryl methyl sites for hydroxylation is 1. The first-order chi connectivity index (χ1) is 35.1. The molecule has 10 aromatic rings. The minimum absolute atomic E-state index is 0.522. The van der Waals surface area contributed by atoms with E-state index in [1.807, 2.05) is 12.2 Å². The van der Waals surface area contributed by atoms with Crippen LogP contribution in [-0.2, 0) is 11.8 Å². The van der Waals surface area contributed by atoms with Crippen molar-refractivity contribution in [1.82, 2.24) is 0 Å². The van der Waals surface area contributed by atoms with Gasteiger partial charge >= 0.3 is 0 Å². The third-order valence-electron chi connectivity index (χ3n) is 16.2. The van der Waals surface area contributed by atoms with E-state index in [2.05, 4.69) is 235 Å². The topological polar surface area (TPSA) is 6.48 Å². The summed E-state index contributed by atoms with van der Waals surface area (Å²) >= 11 is 0. The molecule has 0 saturated carbocycles. The van der Waals surface area contributed by atoms with Gasteiger partial charge in [-0.2, -0.15) is 10.0 Å². The van der Waals surface area contributed by atoms with Crippen molar-refractivity contribution >= 4 is 82.9 Å². The van der Waals surface area contributed by atoms with Gasteiger partial charge in [-0.05, 0) is 163 Å². The number of hydrogen-bond acceptors (Lipinski definition) is 2. The second-order valence-corrected chi connectivity index (χ2v) is 23.3. The van der Waals surface area contributed by atoms with Gasteiger partial charge in [0, 0.05) is 33.1 Å². The highest BCUT2D eigenvalue weighted by Gasteiger charge is 2.44. The van der Waals surface area contributed by atoms with Gasteiger partial charge in [-0.25, -0.2) is 0 Å². The van der Waals surface area contributed by atoms with E-state index in [9.17, 15) is 0 Å². The Balaban J connectivity index is 0.895. The van der Waals surface area contributed by atoms with Crippen LogP contribution in [0.15, 0.2) is 235 Å². The van der Waals surface area contributed by atoms with Crippen molar-refractivity contribution in [2.24, 2.45) is 0 Å². The fraction of sp³-hybridized carbons (Fsp3) is 0.118. The molecule has 342 valence electrons. The van der Waals surface area contributed by atoms with Crippen molar-refractivity contribution in [2.45, 2.75) is 40.9 Å². The van der Waals surface area contributed by atoms with Crippen LogP contribution in [0.3, 0.4) is 0 Å². The van der Waals surface area contributed by atoms with Gasteiger partial charge in [-0.3, -0.25) is 0 Å². The summed E-state index contributed by atoms with van der Waals surface area (Å²) in [5.41, 5.74) is 16.2. The molecule has 1 unspecified atom stereocenters. The van der Waals surface area contributed by atoms with E-state index in [1.165, 1.54) is 130 Å². The first kappa shape index (κ1) is 42.1. The van der Waals surface area contributed by atoms with E-state index >= 15 is 0 Å². The fourth-order valence-corrected chi connectivity index (χ4v) is 17.6. The monoisotopic (exact) mass is 930 g/mol. The Morgan fingerprint density at radius 2 is 1.15 bits per heavy atom. The Bertz CT molecular complexity index is 3800. The van der Waals surface area contributed by atoms with Crippen LogP contribution in [-0.4, -0.2) is 18.1 Å². The summed E-state index contributed by atoms with van der Waals surface area (Å²) in [5, 5.41) is 7.79.